The van der Waals surface area contributed by atoms with Crippen LogP contribution in [-0.4, -0.2) is 97.8 Å². The summed E-state index contributed by atoms with van der Waals surface area (Å²) in [5, 5.41) is 52.5. The number of esters is 1. The van der Waals surface area contributed by atoms with Gasteiger partial charge in [-0.3, -0.25) is 4.79 Å². The van der Waals surface area contributed by atoms with E-state index in [9.17, 15) is 30.3 Å². The molecule has 0 amide bonds. The van der Waals surface area contributed by atoms with Crippen LogP contribution >= 0.6 is 0 Å². The van der Waals surface area contributed by atoms with Gasteiger partial charge in [0.15, 0.2) is 17.5 Å². The van der Waals surface area contributed by atoms with Crippen molar-refractivity contribution in [1.29, 1.82) is 0 Å². The summed E-state index contributed by atoms with van der Waals surface area (Å²) in [6.45, 7) is 19.0. The molecule has 3 saturated heterocycles. The smallest absolute Gasteiger partial charge is 0.316 e. The first-order valence-electron chi connectivity index (χ1n) is 18.7. The molecule has 7 aliphatic rings. The molecule has 3 heterocycles. The highest BCUT2D eigenvalue weighted by Crippen LogP contribution is 2.87. The second kappa shape index (κ2) is 10.6. The van der Waals surface area contributed by atoms with E-state index in [1.807, 2.05) is 6.92 Å². The topological polar surface area (TPSA) is 158 Å². The van der Waals surface area contributed by atoms with Crippen LogP contribution in [0.2, 0.25) is 0 Å². The number of rotatable bonds is 7. The third kappa shape index (κ3) is 4.06. The maximum atomic E-state index is 14.7. The Hall–Kier alpha value is -0.850. The molecular formula is C38H62O10. The van der Waals surface area contributed by atoms with E-state index in [2.05, 4.69) is 55.4 Å². The molecule has 7 fully saturated rings. The Morgan fingerprint density at radius 3 is 2.27 bits per heavy atom. The Labute approximate surface area is 286 Å². The van der Waals surface area contributed by atoms with Crippen LogP contribution in [0, 0.1) is 44.8 Å². The van der Waals surface area contributed by atoms with Crippen LogP contribution in [0.15, 0.2) is 0 Å². The third-order valence-electron chi connectivity index (χ3n) is 16.5. The van der Waals surface area contributed by atoms with Crippen molar-refractivity contribution in [2.45, 2.75) is 180 Å². The van der Waals surface area contributed by atoms with E-state index in [0.29, 0.717) is 18.3 Å². The fourth-order valence-electron chi connectivity index (χ4n) is 13.0. The molecule has 10 heteroatoms. The van der Waals surface area contributed by atoms with Gasteiger partial charge in [0.1, 0.15) is 29.8 Å². The molecule has 5 N–H and O–H groups in total. The molecule has 7 rings (SSSR count). The number of carbonyl (C=O) groups excluding carboxylic acids is 1. The minimum atomic E-state index is -1.50. The lowest BCUT2D eigenvalue weighted by molar-refractivity contribution is -0.331. The Bertz CT molecular complexity index is 1310. The monoisotopic (exact) mass is 678 g/mol. The van der Waals surface area contributed by atoms with E-state index in [-0.39, 0.29) is 40.3 Å². The molecule has 3 aliphatic heterocycles. The normalized spacial score (nSPS) is 53.9. The van der Waals surface area contributed by atoms with Crippen LogP contribution in [0.1, 0.15) is 120 Å². The summed E-state index contributed by atoms with van der Waals surface area (Å²) in [4.78, 5) is 14.7. The van der Waals surface area contributed by atoms with Crippen LogP contribution in [0.3, 0.4) is 0 Å². The predicted molar refractivity (Wildman–Crippen MR) is 175 cm³/mol. The van der Waals surface area contributed by atoms with Gasteiger partial charge in [-0.1, -0.05) is 55.4 Å². The van der Waals surface area contributed by atoms with E-state index in [1.165, 1.54) is 0 Å². The molecule has 16 atom stereocenters. The number of epoxide rings is 1. The van der Waals surface area contributed by atoms with Crippen molar-refractivity contribution in [1.82, 2.24) is 0 Å². The molecular weight excluding hydrogens is 616 g/mol. The first kappa shape index (κ1) is 35.5. The number of hydrogen-bond acceptors (Lipinski definition) is 10. The largest absolute Gasteiger partial charge is 0.455 e. The first-order valence-corrected chi connectivity index (χ1v) is 18.7. The van der Waals surface area contributed by atoms with Crippen molar-refractivity contribution in [2.75, 3.05) is 6.61 Å². The van der Waals surface area contributed by atoms with Crippen LogP contribution in [-0.2, 0) is 23.7 Å². The molecule has 274 valence electrons. The van der Waals surface area contributed by atoms with Gasteiger partial charge in [0, 0.05) is 5.41 Å². The Balaban J connectivity index is 1.16. The number of carbonyl (C=O) groups is 1. The van der Waals surface area contributed by atoms with Crippen molar-refractivity contribution in [3.05, 3.63) is 0 Å². The zero-order valence-electron chi connectivity index (χ0n) is 30.6. The van der Waals surface area contributed by atoms with E-state index < -0.39 is 64.9 Å². The average Bonchev–Trinajstić information content (AvgIpc) is 3.60. The molecule has 4 aliphatic carbocycles. The zero-order chi connectivity index (χ0) is 35.3. The lowest BCUT2D eigenvalue weighted by atomic mass is 9.36. The fourth-order valence-corrected chi connectivity index (χ4v) is 13.0. The molecule has 16 unspecified atom stereocenters. The van der Waals surface area contributed by atoms with Crippen molar-refractivity contribution in [2.24, 2.45) is 44.8 Å². The number of aliphatic hydroxyl groups is 5. The molecule has 10 nitrogen and oxygen atoms in total. The molecule has 0 aromatic carbocycles. The highest BCUT2D eigenvalue weighted by molar-refractivity contribution is 5.87. The van der Waals surface area contributed by atoms with E-state index in [4.69, 9.17) is 18.9 Å². The highest BCUT2D eigenvalue weighted by atomic mass is 16.7. The Morgan fingerprint density at radius 2 is 1.62 bits per heavy atom. The van der Waals surface area contributed by atoms with Crippen LogP contribution in [0.25, 0.3) is 0 Å². The summed E-state index contributed by atoms with van der Waals surface area (Å²) in [6.07, 6.45) is 0.102. The molecule has 48 heavy (non-hydrogen) atoms. The molecule has 0 aromatic heterocycles. The number of ether oxygens (including phenoxy) is 4. The van der Waals surface area contributed by atoms with Gasteiger partial charge in [-0.05, 0) is 98.7 Å². The zero-order valence-corrected chi connectivity index (χ0v) is 30.6. The van der Waals surface area contributed by atoms with Crippen LogP contribution in [0.5, 0.6) is 0 Å². The van der Waals surface area contributed by atoms with Crippen LogP contribution < -0.4 is 0 Å². The molecule has 0 aromatic rings. The Morgan fingerprint density at radius 1 is 0.938 bits per heavy atom. The lowest BCUT2D eigenvalue weighted by Gasteiger charge is -2.65. The number of aliphatic hydroxyl groups excluding tert-OH is 4. The van der Waals surface area contributed by atoms with Crippen molar-refractivity contribution < 1.29 is 49.3 Å². The van der Waals surface area contributed by atoms with Crippen LogP contribution in [0.4, 0.5) is 0 Å². The van der Waals surface area contributed by atoms with E-state index in [1.54, 1.807) is 0 Å². The molecule has 4 saturated carbocycles. The Kier molecular flexibility index (Phi) is 7.86. The minimum absolute atomic E-state index is 0.0687. The molecule has 0 radical (unpaired) electrons. The van der Waals surface area contributed by atoms with Crippen molar-refractivity contribution in [3.63, 3.8) is 0 Å². The molecule has 2 bridgehead atoms. The fraction of sp³-hybridized carbons (Fsp3) is 0.974. The van der Waals surface area contributed by atoms with E-state index in [0.717, 1.165) is 51.4 Å². The quantitative estimate of drug-likeness (QED) is 0.152. The number of fused-ring (bicyclic) bond motifs is 1. The lowest BCUT2D eigenvalue weighted by Crippen LogP contribution is -2.73. The summed E-state index contributed by atoms with van der Waals surface area (Å²) in [5.41, 5.74) is -4.11. The van der Waals surface area contributed by atoms with Crippen molar-refractivity contribution >= 4 is 5.97 Å². The summed E-state index contributed by atoms with van der Waals surface area (Å²) >= 11 is 0. The first-order chi connectivity index (χ1) is 22.1. The minimum Gasteiger partial charge on any atom is -0.455 e. The second-order valence-electron chi connectivity index (χ2n) is 19.5. The average molecular weight is 679 g/mol. The van der Waals surface area contributed by atoms with E-state index >= 15 is 0 Å². The van der Waals surface area contributed by atoms with Gasteiger partial charge < -0.3 is 44.5 Å². The van der Waals surface area contributed by atoms with Crippen molar-refractivity contribution in [3.8, 4) is 0 Å². The maximum Gasteiger partial charge on any atom is 0.316 e. The summed E-state index contributed by atoms with van der Waals surface area (Å²) in [5.74, 6) is 0.692. The number of hydrogen-bond donors (Lipinski definition) is 5. The van der Waals surface area contributed by atoms with Gasteiger partial charge in [0.05, 0.1) is 24.4 Å². The predicted octanol–water partition coefficient (Wildman–Crippen LogP) is 3.86. The second-order valence-corrected chi connectivity index (χ2v) is 19.5. The van der Waals surface area contributed by atoms with Gasteiger partial charge in [0.2, 0.25) is 0 Å². The summed E-state index contributed by atoms with van der Waals surface area (Å²) in [7, 11) is 0. The van der Waals surface area contributed by atoms with Gasteiger partial charge in [0.25, 0.3) is 0 Å². The van der Waals surface area contributed by atoms with Gasteiger partial charge in [-0.2, -0.15) is 0 Å². The SMILES string of the molecule is CC(CCC(C)(O)C(C)(C)C)C1CCC23C(=O)OC4(CCC12C)C1(C)CCC(OC2OC(CO)C(O)C(O)C2O)C(C)(C)C1CC1OC143. The van der Waals surface area contributed by atoms with Gasteiger partial charge in [-0.15, -0.1) is 0 Å². The maximum absolute atomic E-state index is 14.7. The summed E-state index contributed by atoms with van der Waals surface area (Å²) in [6, 6.07) is 0. The van der Waals surface area contributed by atoms with Gasteiger partial charge >= 0.3 is 5.97 Å². The molecule has 2 spiro atoms. The summed E-state index contributed by atoms with van der Waals surface area (Å²) < 4.78 is 26.1. The standard InChI is InChI=1S/C38H62O10/c1-20(10-14-35(9,44)31(2,3)4)21-11-15-36-30(43)48-37(17-16-33(21,36)7)34(8)13-12-24(32(5,6)23(34)18-25-38(36,37)47-25)46-29-28(42)27(41)26(40)22(19-39)45-29/h20-29,39-42,44H,10-19H2,1-9H3. The van der Waals surface area contributed by atoms with Gasteiger partial charge in [-0.25, -0.2) is 0 Å². The third-order valence-corrected chi connectivity index (χ3v) is 16.5. The highest BCUT2D eigenvalue weighted by Gasteiger charge is 2.97.